The van der Waals surface area contributed by atoms with Gasteiger partial charge in [-0.05, 0) is 43.2 Å². The Kier molecular flexibility index (Phi) is 5.19. The van der Waals surface area contributed by atoms with Crippen molar-refractivity contribution in [2.75, 3.05) is 36.5 Å². The Hall–Kier alpha value is -3.55. The average Bonchev–Trinajstić information content (AvgIpc) is 3.39. The lowest BCUT2D eigenvalue weighted by atomic mass is 10.1. The number of aryl methyl sites for hydroxylation is 1. The molecule has 0 radical (unpaired) electrons. The van der Waals surface area contributed by atoms with Crippen molar-refractivity contribution in [2.45, 2.75) is 19.3 Å². The van der Waals surface area contributed by atoms with E-state index in [0.717, 1.165) is 30.9 Å². The quantitative estimate of drug-likeness (QED) is 0.697. The number of hydrogen-bond acceptors (Lipinski definition) is 6. The van der Waals surface area contributed by atoms with Gasteiger partial charge >= 0.3 is 0 Å². The number of carbonyl (C=O) groups excluding carboxylic acids is 1. The Bertz CT molecular complexity index is 1090. The van der Waals surface area contributed by atoms with Crippen LogP contribution in [0, 0.1) is 0 Å². The standard InChI is InChI=1S/C23H25N5O3/c1-27-15-18(22(26-27)16-5-7-19-20(13-16)31-12-4-11-30-19)23(29)25-17-6-8-21(24-14-17)28-9-2-3-10-28/h5-8,13-15H,2-4,9-12H2,1H3,(H,25,29). The van der Waals surface area contributed by atoms with Gasteiger partial charge in [0.2, 0.25) is 0 Å². The third kappa shape index (κ3) is 4.05. The maximum absolute atomic E-state index is 13.0. The molecule has 3 aromatic rings. The van der Waals surface area contributed by atoms with Crippen molar-refractivity contribution in [3.63, 3.8) is 0 Å². The highest BCUT2D eigenvalue weighted by Gasteiger charge is 2.20. The van der Waals surface area contributed by atoms with Crippen LogP contribution < -0.4 is 19.7 Å². The molecule has 0 bridgehead atoms. The van der Waals surface area contributed by atoms with Crippen LogP contribution >= 0.6 is 0 Å². The average molecular weight is 419 g/mol. The SMILES string of the molecule is Cn1cc(C(=O)Nc2ccc(N3CCCC3)nc2)c(-c2ccc3c(c2)OCCCO3)n1. The zero-order chi connectivity index (χ0) is 21.2. The normalized spacial score (nSPS) is 15.6. The van der Waals surface area contributed by atoms with E-state index in [-0.39, 0.29) is 5.91 Å². The van der Waals surface area contributed by atoms with Crippen LogP contribution in [0.4, 0.5) is 11.5 Å². The summed E-state index contributed by atoms with van der Waals surface area (Å²) in [7, 11) is 1.80. The molecule has 4 heterocycles. The minimum Gasteiger partial charge on any atom is -0.490 e. The van der Waals surface area contributed by atoms with Crippen LogP contribution in [0.5, 0.6) is 11.5 Å². The number of amides is 1. The molecule has 1 fully saturated rings. The summed E-state index contributed by atoms with van der Waals surface area (Å²) in [5.74, 6) is 2.11. The first-order valence-corrected chi connectivity index (χ1v) is 10.6. The first-order valence-electron chi connectivity index (χ1n) is 10.6. The van der Waals surface area contributed by atoms with Gasteiger partial charge in [-0.15, -0.1) is 0 Å². The first kappa shape index (κ1) is 19.4. The van der Waals surface area contributed by atoms with Crippen molar-refractivity contribution in [1.82, 2.24) is 14.8 Å². The first-order chi connectivity index (χ1) is 15.2. The van der Waals surface area contributed by atoms with E-state index in [1.54, 1.807) is 24.1 Å². The van der Waals surface area contributed by atoms with Gasteiger partial charge in [0.1, 0.15) is 11.5 Å². The number of pyridine rings is 1. The molecule has 0 aliphatic carbocycles. The second-order valence-electron chi connectivity index (χ2n) is 7.83. The zero-order valence-corrected chi connectivity index (χ0v) is 17.5. The van der Waals surface area contributed by atoms with Crippen LogP contribution in [0.25, 0.3) is 11.3 Å². The van der Waals surface area contributed by atoms with Gasteiger partial charge in [0.25, 0.3) is 5.91 Å². The van der Waals surface area contributed by atoms with Crippen LogP contribution in [0.2, 0.25) is 0 Å². The summed E-state index contributed by atoms with van der Waals surface area (Å²) in [6.45, 7) is 3.31. The summed E-state index contributed by atoms with van der Waals surface area (Å²) in [6.07, 6.45) is 6.66. The molecular formula is C23H25N5O3. The van der Waals surface area contributed by atoms with Gasteiger partial charge in [-0.2, -0.15) is 5.10 Å². The van der Waals surface area contributed by atoms with Crippen LogP contribution in [-0.2, 0) is 7.05 Å². The summed E-state index contributed by atoms with van der Waals surface area (Å²) in [5.41, 5.74) is 2.54. The van der Waals surface area contributed by atoms with E-state index in [1.807, 2.05) is 30.3 Å². The second kappa shape index (κ2) is 8.29. The van der Waals surface area contributed by atoms with Gasteiger partial charge in [-0.1, -0.05) is 0 Å². The predicted molar refractivity (Wildman–Crippen MR) is 118 cm³/mol. The number of anilines is 2. The van der Waals surface area contributed by atoms with E-state index in [1.165, 1.54) is 12.8 Å². The van der Waals surface area contributed by atoms with E-state index in [4.69, 9.17) is 9.47 Å². The number of rotatable bonds is 4. The third-order valence-corrected chi connectivity index (χ3v) is 5.53. The lowest BCUT2D eigenvalue weighted by molar-refractivity contribution is 0.102. The fourth-order valence-corrected chi connectivity index (χ4v) is 3.97. The highest BCUT2D eigenvalue weighted by atomic mass is 16.5. The molecule has 2 aromatic heterocycles. The van der Waals surface area contributed by atoms with Gasteiger partial charge in [0.05, 0.1) is 30.7 Å². The Labute approximate surface area is 180 Å². The number of ether oxygens (including phenoxy) is 2. The number of aromatic nitrogens is 3. The number of hydrogen-bond donors (Lipinski definition) is 1. The van der Waals surface area contributed by atoms with E-state index in [9.17, 15) is 4.79 Å². The summed E-state index contributed by atoms with van der Waals surface area (Å²) in [6, 6.07) is 9.50. The van der Waals surface area contributed by atoms with E-state index < -0.39 is 0 Å². The maximum atomic E-state index is 13.0. The molecule has 31 heavy (non-hydrogen) atoms. The van der Waals surface area contributed by atoms with Crippen molar-refractivity contribution in [1.29, 1.82) is 0 Å². The van der Waals surface area contributed by atoms with Crippen LogP contribution in [0.1, 0.15) is 29.6 Å². The number of fused-ring (bicyclic) bond motifs is 1. The topological polar surface area (TPSA) is 81.5 Å². The number of nitrogens with zero attached hydrogens (tertiary/aromatic N) is 4. The zero-order valence-electron chi connectivity index (χ0n) is 17.5. The van der Waals surface area contributed by atoms with Crippen molar-refractivity contribution in [3.8, 4) is 22.8 Å². The lowest BCUT2D eigenvalue weighted by Crippen LogP contribution is -2.19. The van der Waals surface area contributed by atoms with Crippen LogP contribution in [0.15, 0.2) is 42.7 Å². The van der Waals surface area contributed by atoms with Crippen LogP contribution in [-0.4, -0.2) is 47.0 Å². The van der Waals surface area contributed by atoms with Gasteiger partial charge < -0.3 is 19.7 Å². The Morgan fingerprint density at radius 1 is 1.03 bits per heavy atom. The molecule has 0 unspecified atom stereocenters. The molecular weight excluding hydrogens is 394 g/mol. The highest BCUT2D eigenvalue weighted by Crippen LogP contribution is 2.35. The maximum Gasteiger partial charge on any atom is 0.259 e. The summed E-state index contributed by atoms with van der Waals surface area (Å²) < 4.78 is 13.1. The van der Waals surface area contributed by atoms with E-state index in [2.05, 4.69) is 20.3 Å². The minimum absolute atomic E-state index is 0.231. The second-order valence-corrected chi connectivity index (χ2v) is 7.83. The number of carbonyl (C=O) groups is 1. The van der Waals surface area contributed by atoms with Crippen molar-refractivity contribution < 1.29 is 14.3 Å². The summed E-state index contributed by atoms with van der Waals surface area (Å²) in [5, 5.41) is 7.46. The Balaban J connectivity index is 1.37. The molecule has 2 aliphatic rings. The summed E-state index contributed by atoms with van der Waals surface area (Å²) >= 11 is 0. The molecule has 8 nitrogen and oxygen atoms in total. The third-order valence-electron chi connectivity index (χ3n) is 5.53. The van der Waals surface area contributed by atoms with E-state index in [0.29, 0.717) is 41.7 Å². The predicted octanol–water partition coefficient (Wildman–Crippen LogP) is 3.50. The molecule has 0 atom stereocenters. The molecule has 8 heteroatoms. The van der Waals surface area contributed by atoms with Gasteiger partial charge in [0.15, 0.2) is 11.5 Å². The van der Waals surface area contributed by atoms with Crippen molar-refractivity contribution in [3.05, 3.63) is 48.3 Å². The largest absolute Gasteiger partial charge is 0.490 e. The van der Waals surface area contributed by atoms with Gasteiger partial charge in [0, 0.05) is 38.3 Å². The molecule has 2 aliphatic heterocycles. The monoisotopic (exact) mass is 419 g/mol. The van der Waals surface area contributed by atoms with Crippen molar-refractivity contribution in [2.24, 2.45) is 7.05 Å². The molecule has 5 rings (SSSR count). The minimum atomic E-state index is -0.231. The molecule has 1 amide bonds. The molecule has 1 N–H and O–H groups in total. The molecule has 160 valence electrons. The number of nitrogens with one attached hydrogen (secondary N) is 1. The van der Waals surface area contributed by atoms with Gasteiger partial charge in [-0.3, -0.25) is 9.48 Å². The Morgan fingerprint density at radius 3 is 2.61 bits per heavy atom. The molecule has 0 spiro atoms. The van der Waals surface area contributed by atoms with Crippen LogP contribution in [0.3, 0.4) is 0 Å². The van der Waals surface area contributed by atoms with Gasteiger partial charge in [-0.25, -0.2) is 4.98 Å². The number of benzene rings is 1. The lowest BCUT2D eigenvalue weighted by Gasteiger charge is -2.16. The smallest absolute Gasteiger partial charge is 0.259 e. The molecule has 0 saturated carbocycles. The Morgan fingerprint density at radius 2 is 1.84 bits per heavy atom. The fourth-order valence-electron chi connectivity index (χ4n) is 3.97. The fraction of sp³-hybridized carbons (Fsp3) is 0.348. The van der Waals surface area contributed by atoms with E-state index >= 15 is 0 Å². The highest BCUT2D eigenvalue weighted by molar-refractivity contribution is 6.08. The molecule has 1 saturated heterocycles. The van der Waals surface area contributed by atoms with Crippen molar-refractivity contribution >= 4 is 17.4 Å². The summed E-state index contributed by atoms with van der Waals surface area (Å²) in [4.78, 5) is 19.8. The molecule has 1 aromatic carbocycles.